The van der Waals surface area contributed by atoms with E-state index in [1.54, 1.807) is 0 Å². The maximum atomic E-state index is 4.88. The van der Waals surface area contributed by atoms with Crippen LogP contribution in [0.4, 0.5) is 0 Å². The van der Waals surface area contributed by atoms with Gasteiger partial charge in [0.25, 0.3) is 0 Å². The molecule has 0 amide bonds. The molecule has 1 aliphatic heterocycles. The number of rotatable bonds is 3. The van der Waals surface area contributed by atoms with E-state index in [0.29, 0.717) is 6.04 Å². The van der Waals surface area contributed by atoms with Gasteiger partial charge in [-0.15, -0.1) is 0 Å². The fourth-order valence-electron chi connectivity index (χ4n) is 3.23. The van der Waals surface area contributed by atoms with Crippen LogP contribution in [-0.2, 0) is 6.42 Å². The highest BCUT2D eigenvalue weighted by molar-refractivity contribution is 5.78. The standard InChI is InChI=1S/C18H19N3/c1-2-8-15(9-3-1)21-17-11-5-4-10-16(17)20-18(21)13-14-7-6-12-19-14/h1-5,8-11,14,19H,6-7,12-13H2. The third-order valence-corrected chi connectivity index (χ3v) is 4.24. The molecule has 0 saturated carbocycles. The number of hydrogen-bond donors (Lipinski definition) is 1. The predicted molar refractivity (Wildman–Crippen MR) is 85.8 cm³/mol. The number of benzene rings is 2. The summed E-state index contributed by atoms with van der Waals surface area (Å²) in [7, 11) is 0. The highest BCUT2D eigenvalue weighted by atomic mass is 15.1. The fourth-order valence-corrected chi connectivity index (χ4v) is 3.23. The summed E-state index contributed by atoms with van der Waals surface area (Å²) < 4.78 is 2.30. The second-order valence-electron chi connectivity index (χ2n) is 5.69. The van der Waals surface area contributed by atoms with E-state index in [0.717, 1.165) is 24.3 Å². The molecule has 1 aliphatic rings. The van der Waals surface area contributed by atoms with E-state index in [1.807, 2.05) is 0 Å². The molecule has 1 unspecified atom stereocenters. The molecule has 0 aliphatic carbocycles. The average Bonchev–Trinajstić information content (AvgIpc) is 3.15. The van der Waals surface area contributed by atoms with Crippen LogP contribution in [0.15, 0.2) is 54.6 Å². The molecule has 1 fully saturated rings. The highest BCUT2D eigenvalue weighted by Gasteiger charge is 2.19. The summed E-state index contributed by atoms with van der Waals surface area (Å²) in [5, 5.41) is 3.57. The van der Waals surface area contributed by atoms with E-state index in [1.165, 1.54) is 24.0 Å². The summed E-state index contributed by atoms with van der Waals surface area (Å²) in [6, 6.07) is 19.5. The molecule has 1 atom stereocenters. The molecule has 0 spiro atoms. The minimum atomic E-state index is 0.560. The first-order valence-electron chi connectivity index (χ1n) is 7.67. The summed E-state index contributed by atoms with van der Waals surface area (Å²) in [5.41, 5.74) is 3.46. The molecule has 21 heavy (non-hydrogen) atoms. The molecule has 106 valence electrons. The zero-order valence-corrected chi connectivity index (χ0v) is 12.0. The topological polar surface area (TPSA) is 29.9 Å². The highest BCUT2D eigenvalue weighted by Crippen LogP contribution is 2.23. The van der Waals surface area contributed by atoms with E-state index in [4.69, 9.17) is 4.98 Å². The van der Waals surface area contributed by atoms with Gasteiger partial charge < -0.3 is 5.32 Å². The first kappa shape index (κ1) is 12.6. The van der Waals surface area contributed by atoms with Crippen LogP contribution in [-0.4, -0.2) is 22.1 Å². The number of nitrogens with one attached hydrogen (secondary N) is 1. The van der Waals surface area contributed by atoms with Crippen LogP contribution in [0.2, 0.25) is 0 Å². The molecule has 2 heterocycles. The fraction of sp³-hybridized carbons (Fsp3) is 0.278. The van der Waals surface area contributed by atoms with Crippen LogP contribution < -0.4 is 5.32 Å². The Balaban J connectivity index is 1.84. The smallest absolute Gasteiger partial charge is 0.116 e. The van der Waals surface area contributed by atoms with Gasteiger partial charge in [0.15, 0.2) is 0 Å². The SMILES string of the molecule is c1ccc(-n2c(CC3CCCN3)nc3ccccc32)cc1. The number of nitrogens with zero attached hydrogens (tertiary/aromatic N) is 2. The summed E-state index contributed by atoms with van der Waals surface area (Å²) in [6.45, 7) is 1.14. The van der Waals surface area contributed by atoms with Crippen molar-refractivity contribution in [3.8, 4) is 5.69 Å². The lowest BCUT2D eigenvalue weighted by molar-refractivity contribution is 0.582. The van der Waals surface area contributed by atoms with Crippen molar-refractivity contribution < 1.29 is 0 Å². The van der Waals surface area contributed by atoms with Crippen molar-refractivity contribution in [2.75, 3.05) is 6.54 Å². The minimum Gasteiger partial charge on any atom is -0.314 e. The van der Waals surface area contributed by atoms with Crippen LogP contribution in [0, 0.1) is 0 Å². The Hall–Kier alpha value is -2.13. The van der Waals surface area contributed by atoms with Crippen LogP contribution in [0.5, 0.6) is 0 Å². The van der Waals surface area contributed by atoms with E-state index in [-0.39, 0.29) is 0 Å². The van der Waals surface area contributed by atoms with Crippen molar-refractivity contribution in [1.29, 1.82) is 0 Å². The lowest BCUT2D eigenvalue weighted by Crippen LogP contribution is -2.25. The molecule has 1 saturated heterocycles. The molecule has 0 bridgehead atoms. The summed E-state index contributed by atoms with van der Waals surface area (Å²) in [6.07, 6.45) is 3.51. The van der Waals surface area contributed by atoms with Crippen LogP contribution in [0.25, 0.3) is 16.7 Å². The van der Waals surface area contributed by atoms with Crippen LogP contribution in [0.1, 0.15) is 18.7 Å². The van der Waals surface area contributed by atoms with Crippen molar-refractivity contribution in [1.82, 2.24) is 14.9 Å². The molecule has 4 rings (SSSR count). The van der Waals surface area contributed by atoms with E-state index in [9.17, 15) is 0 Å². The number of hydrogen-bond acceptors (Lipinski definition) is 2. The Labute approximate surface area is 124 Å². The Morgan fingerprint density at radius 1 is 1.05 bits per heavy atom. The molecule has 1 aromatic heterocycles. The van der Waals surface area contributed by atoms with Crippen molar-refractivity contribution in [3.05, 3.63) is 60.4 Å². The first-order valence-corrected chi connectivity index (χ1v) is 7.67. The predicted octanol–water partition coefficient (Wildman–Crippen LogP) is 3.32. The maximum absolute atomic E-state index is 4.88. The molecule has 2 aromatic carbocycles. The van der Waals surface area contributed by atoms with Gasteiger partial charge in [-0.1, -0.05) is 30.3 Å². The Bertz CT molecular complexity index is 740. The van der Waals surface area contributed by atoms with Gasteiger partial charge in [-0.2, -0.15) is 0 Å². The monoisotopic (exact) mass is 277 g/mol. The molecule has 1 N–H and O–H groups in total. The average molecular weight is 277 g/mol. The lowest BCUT2D eigenvalue weighted by Gasteiger charge is -2.13. The van der Waals surface area contributed by atoms with Gasteiger partial charge in [0.2, 0.25) is 0 Å². The van der Waals surface area contributed by atoms with E-state index >= 15 is 0 Å². The molecule has 0 radical (unpaired) electrons. The normalized spacial score (nSPS) is 18.4. The van der Waals surface area contributed by atoms with Gasteiger partial charge in [0, 0.05) is 18.2 Å². The van der Waals surface area contributed by atoms with Crippen LogP contribution >= 0.6 is 0 Å². The van der Waals surface area contributed by atoms with Gasteiger partial charge in [0.1, 0.15) is 5.82 Å². The number of aromatic nitrogens is 2. The largest absolute Gasteiger partial charge is 0.314 e. The molecule has 3 nitrogen and oxygen atoms in total. The quantitative estimate of drug-likeness (QED) is 0.796. The van der Waals surface area contributed by atoms with Gasteiger partial charge >= 0.3 is 0 Å². The van der Waals surface area contributed by atoms with Crippen molar-refractivity contribution in [2.24, 2.45) is 0 Å². The number of para-hydroxylation sites is 3. The Kier molecular flexibility index (Phi) is 3.20. The summed E-state index contributed by atoms with van der Waals surface area (Å²) >= 11 is 0. The second kappa shape index (κ2) is 5.34. The molecular weight excluding hydrogens is 258 g/mol. The van der Waals surface area contributed by atoms with Gasteiger partial charge in [-0.25, -0.2) is 4.98 Å². The van der Waals surface area contributed by atoms with E-state index < -0.39 is 0 Å². The molecule has 3 aromatic rings. The van der Waals surface area contributed by atoms with Gasteiger partial charge in [0.05, 0.1) is 11.0 Å². The number of imidazole rings is 1. The van der Waals surface area contributed by atoms with Gasteiger partial charge in [-0.05, 0) is 43.7 Å². The maximum Gasteiger partial charge on any atom is 0.116 e. The Morgan fingerprint density at radius 2 is 1.86 bits per heavy atom. The summed E-state index contributed by atoms with van der Waals surface area (Å²) in [4.78, 5) is 4.88. The van der Waals surface area contributed by atoms with Gasteiger partial charge in [-0.3, -0.25) is 4.57 Å². The second-order valence-corrected chi connectivity index (χ2v) is 5.69. The third-order valence-electron chi connectivity index (χ3n) is 4.24. The Morgan fingerprint density at radius 3 is 2.67 bits per heavy atom. The summed E-state index contributed by atoms with van der Waals surface area (Å²) in [5.74, 6) is 1.15. The number of fused-ring (bicyclic) bond motifs is 1. The third kappa shape index (κ3) is 2.34. The van der Waals surface area contributed by atoms with Crippen LogP contribution in [0.3, 0.4) is 0 Å². The molecule has 3 heteroatoms. The van der Waals surface area contributed by atoms with Crippen molar-refractivity contribution in [3.63, 3.8) is 0 Å². The lowest BCUT2D eigenvalue weighted by atomic mass is 10.1. The van der Waals surface area contributed by atoms with Crippen molar-refractivity contribution >= 4 is 11.0 Å². The zero-order chi connectivity index (χ0) is 14.1. The van der Waals surface area contributed by atoms with E-state index in [2.05, 4.69) is 64.5 Å². The minimum absolute atomic E-state index is 0.560. The zero-order valence-electron chi connectivity index (χ0n) is 12.0. The molecular formula is C18H19N3. The first-order chi connectivity index (χ1) is 10.4. The van der Waals surface area contributed by atoms with Crippen molar-refractivity contribution in [2.45, 2.75) is 25.3 Å².